The molecule has 1 unspecified atom stereocenters. The maximum atomic E-state index is 13.0. The molecule has 3 fully saturated rings. The summed E-state index contributed by atoms with van der Waals surface area (Å²) in [5, 5.41) is 5.37. The van der Waals surface area contributed by atoms with Gasteiger partial charge in [0.1, 0.15) is 17.7 Å². The lowest BCUT2D eigenvalue weighted by atomic mass is 9.75. The molecule has 0 aromatic rings. The van der Waals surface area contributed by atoms with E-state index in [0.717, 1.165) is 25.7 Å². The van der Waals surface area contributed by atoms with E-state index in [1.54, 1.807) is 6.92 Å². The third-order valence-electron chi connectivity index (χ3n) is 6.87. The van der Waals surface area contributed by atoms with E-state index in [9.17, 15) is 19.2 Å². The van der Waals surface area contributed by atoms with Crippen molar-refractivity contribution in [1.82, 2.24) is 15.5 Å². The number of epoxide rings is 1. The van der Waals surface area contributed by atoms with Crippen LogP contribution in [0.3, 0.4) is 0 Å². The topological polar surface area (TPSA) is 143 Å². The Balaban J connectivity index is 1.64. The van der Waals surface area contributed by atoms with Crippen molar-refractivity contribution < 1.29 is 28.7 Å². The van der Waals surface area contributed by atoms with Gasteiger partial charge in [-0.25, -0.2) is 0 Å². The van der Waals surface area contributed by atoms with Gasteiger partial charge < -0.3 is 25.8 Å². The van der Waals surface area contributed by atoms with Crippen molar-refractivity contribution in [2.45, 2.75) is 63.6 Å². The molecular formula is C22H36N4O6. The van der Waals surface area contributed by atoms with Gasteiger partial charge in [0.2, 0.25) is 17.7 Å². The molecule has 4 N–H and O–H groups in total. The van der Waals surface area contributed by atoms with E-state index in [0.29, 0.717) is 45.2 Å². The summed E-state index contributed by atoms with van der Waals surface area (Å²) in [5.41, 5.74) is 4.16. The molecule has 10 heteroatoms. The van der Waals surface area contributed by atoms with Crippen LogP contribution in [0.5, 0.6) is 0 Å². The fourth-order valence-electron chi connectivity index (χ4n) is 4.65. The van der Waals surface area contributed by atoms with Crippen molar-refractivity contribution in [2.24, 2.45) is 17.6 Å². The van der Waals surface area contributed by atoms with Gasteiger partial charge in [-0.05, 0) is 26.2 Å². The van der Waals surface area contributed by atoms with Crippen LogP contribution < -0.4 is 16.4 Å². The Hall–Kier alpha value is -2.04. The molecule has 4 atom stereocenters. The molecule has 3 aliphatic rings. The first kappa shape index (κ1) is 24.6. The van der Waals surface area contributed by atoms with E-state index < -0.39 is 35.4 Å². The normalized spacial score (nSPS) is 25.4. The second kappa shape index (κ2) is 10.7. The van der Waals surface area contributed by atoms with Gasteiger partial charge in [-0.15, -0.1) is 0 Å². The van der Waals surface area contributed by atoms with Crippen molar-refractivity contribution in [3.8, 4) is 0 Å². The van der Waals surface area contributed by atoms with Gasteiger partial charge in [0.15, 0.2) is 5.78 Å². The third-order valence-corrected chi connectivity index (χ3v) is 6.87. The zero-order chi connectivity index (χ0) is 23.3. The average Bonchev–Trinajstić information content (AvgIpc) is 3.48. The van der Waals surface area contributed by atoms with Crippen LogP contribution in [0.15, 0.2) is 0 Å². The number of amides is 3. The Bertz CT molecular complexity index is 715. The molecule has 180 valence electrons. The van der Waals surface area contributed by atoms with E-state index >= 15 is 0 Å². The van der Waals surface area contributed by atoms with Crippen LogP contribution in [-0.4, -0.2) is 85.5 Å². The van der Waals surface area contributed by atoms with E-state index in [1.165, 1.54) is 6.92 Å². The molecular weight excluding hydrogens is 416 g/mol. The summed E-state index contributed by atoms with van der Waals surface area (Å²) in [4.78, 5) is 52.8. The Kier molecular flexibility index (Phi) is 8.24. The molecule has 1 aliphatic carbocycles. The van der Waals surface area contributed by atoms with Gasteiger partial charge in [-0.2, -0.15) is 0 Å². The summed E-state index contributed by atoms with van der Waals surface area (Å²) >= 11 is 0. The monoisotopic (exact) mass is 452 g/mol. The van der Waals surface area contributed by atoms with Crippen LogP contribution in [0.25, 0.3) is 0 Å². The predicted molar refractivity (Wildman–Crippen MR) is 115 cm³/mol. The SMILES string of the molecule is C[C@H](NC(=O)CN1CCOCC1)C(=O)NC(C)(C(N)=O)[C@H](CC1CCCC1)C(=O)[C@H]1CO1. The Morgan fingerprint density at radius 1 is 1.16 bits per heavy atom. The maximum Gasteiger partial charge on any atom is 0.243 e. The lowest BCUT2D eigenvalue weighted by molar-refractivity contribution is -0.140. The number of nitrogens with two attached hydrogens (primary N) is 1. The lowest BCUT2D eigenvalue weighted by Crippen LogP contribution is -2.65. The first-order valence-corrected chi connectivity index (χ1v) is 11.6. The first-order valence-electron chi connectivity index (χ1n) is 11.6. The number of carbonyl (C=O) groups excluding carboxylic acids is 4. The number of primary amides is 1. The summed E-state index contributed by atoms with van der Waals surface area (Å²) in [5.74, 6) is -2.26. The number of nitrogens with one attached hydrogen (secondary N) is 2. The summed E-state index contributed by atoms with van der Waals surface area (Å²) < 4.78 is 10.5. The van der Waals surface area contributed by atoms with Crippen LogP contribution in [-0.2, 0) is 28.7 Å². The molecule has 0 aromatic heterocycles. The quantitative estimate of drug-likeness (QED) is 0.353. The molecule has 0 aromatic carbocycles. The zero-order valence-corrected chi connectivity index (χ0v) is 19.1. The molecule has 2 saturated heterocycles. The van der Waals surface area contributed by atoms with Crippen molar-refractivity contribution in [1.29, 1.82) is 0 Å². The van der Waals surface area contributed by atoms with Gasteiger partial charge in [-0.3, -0.25) is 24.1 Å². The summed E-state index contributed by atoms with van der Waals surface area (Å²) in [7, 11) is 0. The third kappa shape index (κ3) is 6.26. The number of morpholine rings is 1. The number of Topliss-reactive ketones (excluding diaryl/α,β-unsaturated/α-hetero) is 1. The van der Waals surface area contributed by atoms with E-state index in [-0.39, 0.29) is 18.2 Å². The fraction of sp³-hybridized carbons (Fsp3) is 0.818. The van der Waals surface area contributed by atoms with Crippen LogP contribution in [0, 0.1) is 11.8 Å². The van der Waals surface area contributed by atoms with Gasteiger partial charge in [-0.1, -0.05) is 25.7 Å². The molecule has 10 nitrogen and oxygen atoms in total. The van der Waals surface area contributed by atoms with Gasteiger partial charge in [0.25, 0.3) is 0 Å². The van der Waals surface area contributed by atoms with Gasteiger partial charge in [0, 0.05) is 13.1 Å². The van der Waals surface area contributed by atoms with Crippen LogP contribution in [0.2, 0.25) is 0 Å². The average molecular weight is 453 g/mol. The number of carbonyl (C=O) groups is 4. The van der Waals surface area contributed by atoms with Crippen molar-refractivity contribution in [3.63, 3.8) is 0 Å². The minimum Gasteiger partial charge on any atom is -0.379 e. The number of nitrogens with zero attached hydrogens (tertiary/aromatic N) is 1. The highest BCUT2D eigenvalue weighted by Gasteiger charge is 2.50. The Labute approximate surface area is 188 Å². The van der Waals surface area contributed by atoms with Crippen LogP contribution in [0.4, 0.5) is 0 Å². The first-order chi connectivity index (χ1) is 15.2. The van der Waals surface area contributed by atoms with Crippen molar-refractivity contribution in [2.75, 3.05) is 39.5 Å². The minimum absolute atomic E-state index is 0.163. The lowest BCUT2D eigenvalue weighted by Gasteiger charge is -2.37. The Morgan fingerprint density at radius 2 is 1.78 bits per heavy atom. The highest BCUT2D eigenvalue weighted by atomic mass is 16.6. The smallest absolute Gasteiger partial charge is 0.243 e. The molecule has 3 rings (SSSR count). The number of hydrogen-bond donors (Lipinski definition) is 3. The second-order valence-electron chi connectivity index (χ2n) is 9.40. The standard InChI is InChI=1S/C22H36N4O6/c1-14(24-18(27)12-26-7-9-31-10-8-26)20(29)25-22(2,21(23)30)16(19(28)17-13-32-17)11-15-5-3-4-6-15/h14-17H,3-13H2,1-2H3,(H2,23,30)(H,24,27)(H,25,29)/t14-,16+,17+,22?/m0/s1. The molecule has 2 heterocycles. The molecule has 1 saturated carbocycles. The number of ketones is 1. The number of hydrogen-bond acceptors (Lipinski definition) is 7. The van der Waals surface area contributed by atoms with Gasteiger partial charge >= 0.3 is 0 Å². The molecule has 2 aliphatic heterocycles. The van der Waals surface area contributed by atoms with Crippen LogP contribution in [0.1, 0.15) is 46.0 Å². The van der Waals surface area contributed by atoms with Gasteiger partial charge in [0.05, 0.1) is 32.3 Å². The highest BCUT2D eigenvalue weighted by Crippen LogP contribution is 2.36. The molecule has 0 spiro atoms. The highest BCUT2D eigenvalue weighted by molar-refractivity contribution is 5.99. The Morgan fingerprint density at radius 3 is 2.34 bits per heavy atom. The summed E-state index contributed by atoms with van der Waals surface area (Å²) in [6.45, 7) is 6.00. The van der Waals surface area contributed by atoms with E-state index in [4.69, 9.17) is 15.2 Å². The largest absolute Gasteiger partial charge is 0.379 e. The number of ether oxygens (including phenoxy) is 2. The summed E-state index contributed by atoms with van der Waals surface area (Å²) in [6.07, 6.45) is 4.12. The van der Waals surface area contributed by atoms with Crippen molar-refractivity contribution in [3.05, 3.63) is 0 Å². The summed E-state index contributed by atoms with van der Waals surface area (Å²) in [6, 6.07) is -0.887. The predicted octanol–water partition coefficient (Wildman–Crippen LogP) is -0.652. The fourth-order valence-corrected chi connectivity index (χ4v) is 4.65. The molecule has 3 amide bonds. The van der Waals surface area contributed by atoms with E-state index in [2.05, 4.69) is 10.6 Å². The molecule has 32 heavy (non-hydrogen) atoms. The van der Waals surface area contributed by atoms with Crippen molar-refractivity contribution >= 4 is 23.5 Å². The zero-order valence-electron chi connectivity index (χ0n) is 19.1. The van der Waals surface area contributed by atoms with E-state index in [1.807, 2.05) is 4.90 Å². The number of rotatable bonds is 11. The van der Waals surface area contributed by atoms with Crippen LogP contribution >= 0.6 is 0 Å². The maximum absolute atomic E-state index is 13.0. The second-order valence-corrected chi connectivity index (χ2v) is 9.40. The molecule has 0 bridgehead atoms. The minimum atomic E-state index is -1.56. The molecule has 0 radical (unpaired) electrons.